The monoisotopic (exact) mass is 314 g/mol. The Morgan fingerprint density at radius 2 is 1.96 bits per heavy atom. The van der Waals surface area contributed by atoms with Crippen molar-refractivity contribution >= 4 is 5.91 Å². The van der Waals surface area contributed by atoms with Crippen molar-refractivity contribution in [2.75, 3.05) is 13.7 Å². The highest BCUT2D eigenvalue weighted by Crippen LogP contribution is 2.12. The lowest BCUT2D eigenvalue weighted by Gasteiger charge is -2.10. The number of aromatic nitrogens is 1. The van der Waals surface area contributed by atoms with E-state index in [-0.39, 0.29) is 11.5 Å². The van der Waals surface area contributed by atoms with Crippen LogP contribution in [0.25, 0.3) is 0 Å². The van der Waals surface area contributed by atoms with Gasteiger partial charge >= 0.3 is 0 Å². The standard InChI is InChI=1S/C18H22N2O3/c1-14-7-5-10-17(21)20(14)12-4-3-11-19-18(22)15-8-6-9-16(13-15)23-2/h5-10,13H,3-4,11-12H2,1-2H3,(H,19,22). The molecule has 0 fully saturated rings. The average molecular weight is 314 g/mol. The summed E-state index contributed by atoms with van der Waals surface area (Å²) in [5.74, 6) is 0.550. The summed E-state index contributed by atoms with van der Waals surface area (Å²) in [6, 6.07) is 12.3. The molecule has 5 nitrogen and oxygen atoms in total. The summed E-state index contributed by atoms with van der Waals surface area (Å²) < 4.78 is 6.86. The van der Waals surface area contributed by atoms with Gasteiger partial charge in [-0.3, -0.25) is 9.59 Å². The molecule has 0 atom stereocenters. The average Bonchev–Trinajstić information content (AvgIpc) is 2.56. The lowest BCUT2D eigenvalue weighted by Crippen LogP contribution is -2.25. The molecular formula is C18H22N2O3. The van der Waals surface area contributed by atoms with E-state index in [0.717, 1.165) is 18.5 Å². The van der Waals surface area contributed by atoms with Gasteiger partial charge in [-0.2, -0.15) is 0 Å². The van der Waals surface area contributed by atoms with Crippen LogP contribution in [0.1, 0.15) is 28.9 Å². The van der Waals surface area contributed by atoms with Gasteiger partial charge < -0.3 is 14.6 Å². The minimum atomic E-state index is -0.114. The smallest absolute Gasteiger partial charge is 0.251 e. The minimum absolute atomic E-state index is 0.0189. The maximum absolute atomic E-state index is 12.0. The van der Waals surface area contributed by atoms with Gasteiger partial charge in [-0.15, -0.1) is 0 Å². The number of carbonyl (C=O) groups is 1. The van der Waals surface area contributed by atoms with Gasteiger partial charge in [0.1, 0.15) is 5.75 Å². The summed E-state index contributed by atoms with van der Waals surface area (Å²) in [6.07, 6.45) is 1.65. The maximum Gasteiger partial charge on any atom is 0.251 e. The van der Waals surface area contributed by atoms with Crippen molar-refractivity contribution in [3.63, 3.8) is 0 Å². The second-order valence-electron chi connectivity index (χ2n) is 5.35. The molecule has 0 unspecified atom stereocenters. The number of hydrogen-bond donors (Lipinski definition) is 1. The third kappa shape index (κ3) is 4.71. The molecule has 0 aliphatic heterocycles. The van der Waals surface area contributed by atoms with E-state index in [1.807, 2.05) is 13.0 Å². The molecule has 2 rings (SSSR count). The first kappa shape index (κ1) is 16.8. The Morgan fingerprint density at radius 1 is 1.17 bits per heavy atom. The molecule has 0 radical (unpaired) electrons. The Kier molecular flexibility index (Phi) is 5.97. The number of carbonyl (C=O) groups excluding carboxylic acids is 1. The first-order valence-corrected chi connectivity index (χ1v) is 7.70. The van der Waals surface area contributed by atoms with Gasteiger partial charge in [0.05, 0.1) is 7.11 Å². The highest BCUT2D eigenvalue weighted by atomic mass is 16.5. The second kappa shape index (κ2) is 8.17. The lowest BCUT2D eigenvalue weighted by atomic mass is 10.2. The number of nitrogens with zero attached hydrogens (tertiary/aromatic N) is 1. The van der Waals surface area contributed by atoms with Crippen molar-refractivity contribution in [2.24, 2.45) is 0 Å². The second-order valence-corrected chi connectivity index (χ2v) is 5.35. The third-order valence-electron chi connectivity index (χ3n) is 3.69. The molecule has 1 aromatic carbocycles. The normalized spacial score (nSPS) is 10.3. The van der Waals surface area contributed by atoms with Crippen LogP contribution < -0.4 is 15.6 Å². The molecule has 0 saturated carbocycles. The highest BCUT2D eigenvalue weighted by Gasteiger charge is 2.06. The zero-order valence-electron chi connectivity index (χ0n) is 13.5. The van der Waals surface area contributed by atoms with E-state index in [2.05, 4.69) is 5.32 Å². The van der Waals surface area contributed by atoms with Gasteiger partial charge in [0.25, 0.3) is 11.5 Å². The van der Waals surface area contributed by atoms with Crippen LogP contribution in [0.5, 0.6) is 5.75 Å². The number of hydrogen-bond acceptors (Lipinski definition) is 3. The van der Waals surface area contributed by atoms with Gasteiger partial charge in [0.15, 0.2) is 0 Å². The summed E-state index contributed by atoms with van der Waals surface area (Å²) >= 11 is 0. The van der Waals surface area contributed by atoms with E-state index < -0.39 is 0 Å². The Bertz CT molecular complexity index is 722. The Labute approximate surface area is 135 Å². The number of ether oxygens (including phenoxy) is 1. The van der Waals surface area contributed by atoms with Crippen LogP contribution in [0.4, 0.5) is 0 Å². The largest absolute Gasteiger partial charge is 0.497 e. The molecular weight excluding hydrogens is 292 g/mol. The molecule has 0 aliphatic rings. The number of benzene rings is 1. The van der Waals surface area contributed by atoms with Crippen molar-refractivity contribution in [3.05, 3.63) is 64.1 Å². The molecule has 0 aliphatic carbocycles. The minimum Gasteiger partial charge on any atom is -0.497 e. The van der Waals surface area contributed by atoms with E-state index in [4.69, 9.17) is 4.74 Å². The highest BCUT2D eigenvalue weighted by molar-refractivity contribution is 5.94. The molecule has 0 bridgehead atoms. The van der Waals surface area contributed by atoms with E-state index >= 15 is 0 Å². The fraction of sp³-hybridized carbons (Fsp3) is 0.333. The number of methoxy groups -OCH3 is 1. The van der Waals surface area contributed by atoms with Crippen LogP contribution in [0.3, 0.4) is 0 Å². The van der Waals surface area contributed by atoms with Crippen LogP contribution in [0.2, 0.25) is 0 Å². The van der Waals surface area contributed by atoms with Gasteiger partial charge in [-0.1, -0.05) is 12.1 Å². The van der Waals surface area contributed by atoms with Crippen LogP contribution in [-0.2, 0) is 6.54 Å². The van der Waals surface area contributed by atoms with Gasteiger partial charge in [0, 0.05) is 30.4 Å². The molecule has 122 valence electrons. The fourth-order valence-corrected chi connectivity index (χ4v) is 2.37. The van der Waals surface area contributed by atoms with Crippen molar-refractivity contribution in [1.82, 2.24) is 9.88 Å². The molecule has 1 amide bonds. The van der Waals surface area contributed by atoms with Crippen molar-refractivity contribution in [3.8, 4) is 5.75 Å². The molecule has 5 heteroatoms. The number of rotatable bonds is 7. The van der Waals surface area contributed by atoms with Crippen LogP contribution in [0.15, 0.2) is 47.3 Å². The van der Waals surface area contributed by atoms with Crippen LogP contribution >= 0.6 is 0 Å². The first-order valence-electron chi connectivity index (χ1n) is 7.70. The van der Waals surface area contributed by atoms with Gasteiger partial charge in [-0.05, 0) is 44.0 Å². The van der Waals surface area contributed by atoms with E-state index in [1.165, 1.54) is 0 Å². The first-order chi connectivity index (χ1) is 11.1. The lowest BCUT2D eigenvalue weighted by molar-refractivity contribution is 0.0952. The summed E-state index contributed by atoms with van der Waals surface area (Å²) in [7, 11) is 1.57. The van der Waals surface area contributed by atoms with Gasteiger partial charge in [-0.25, -0.2) is 0 Å². The summed E-state index contributed by atoms with van der Waals surface area (Å²) in [5, 5.41) is 2.88. The zero-order valence-corrected chi connectivity index (χ0v) is 13.5. The molecule has 23 heavy (non-hydrogen) atoms. The van der Waals surface area contributed by atoms with Crippen molar-refractivity contribution in [2.45, 2.75) is 26.3 Å². The Morgan fingerprint density at radius 3 is 2.70 bits per heavy atom. The van der Waals surface area contributed by atoms with Crippen LogP contribution in [-0.4, -0.2) is 24.1 Å². The van der Waals surface area contributed by atoms with E-state index in [1.54, 1.807) is 48.1 Å². The Balaban J connectivity index is 1.77. The summed E-state index contributed by atoms with van der Waals surface area (Å²) in [6.45, 7) is 3.17. The van der Waals surface area contributed by atoms with Crippen molar-refractivity contribution < 1.29 is 9.53 Å². The van der Waals surface area contributed by atoms with E-state index in [9.17, 15) is 9.59 Å². The number of amides is 1. The fourth-order valence-electron chi connectivity index (χ4n) is 2.37. The topological polar surface area (TPSA) is 60.3 Å². The zero-order chi connectivity index (χ0) is 16.7. The number of nitrogens with one attached hydrogen (secondary N) is 1. The molecule has 2 aromatic rings. The molecule has 0 spiro atoms. The predicted octanol–water partition coefficient (Wildman–Crippen LogP) is 2.38. The molecule has 1 heterocycles. The predicted molar refractivity (Wildman–Crippen MR) is 90.0 cm³/mol. The number of aryl methyl sites for hydroxylation is 1. The molecule has 0 saturated heterocycles. The Hall–Kier alpha value is -2.56. The van der Waals surface area contributed by atoms with Crippen molar-refractivity contribution in [1.29, 1.82) is 0 Å². The van der Waals surface area contributed by atoms with Gasteiger partial charge in [0.2, 0.25) is 0 Å². The molecule has 1 aromatic heterocycles. The quantitative estimate of drug-likeness (QED) is 0.798. The maximum atomic E-state index is 12.0. The summed E-state index contributed by atoms with van der Waals surface area (Å²) in [4.78, 5) is 23.8. The number of pyridine rings is 1. The third-order valence-corrected chi connectivity index (χ3v) is 3.69. The molecule has 1 N–H and O–H groups in total. The summed E-state index contributed by atoms with van der Waals surface area (Å²) in [5.41, 5.74) is 1.56. The van der Waals surface area contributed by atoms with E-state index in [0.29, 0.717) is 24.4 Å². The SMILES string of the molecule is COc1cccc(C(=O)NCCCCn2c(C)cccc2=O)c1. The number of unbranched alkanes of at least 4 members (excludes halogenated alkanes) is 1. The van der Waals surface area contributed by atoms with Crippen LogP contribution in [0, 0.1) is 6.92 Å².